The van der Waals surface area contributed by atoms with Gasteiger partial charge in [-0.1, -0.05) is 12.1 Å². The number of ketones is 1. The van der Waals surface area contributed by atoms with E-state index in [4.69, 9.17) is 5.26 Å². The third-order valence-corrected chi connectivity index (χ3v) is 4.32. The minimum atomic E-state index is -0.449. The first-order valence-electron chi connectivity index (χ1n) is 6.21. The van der Waals surface area contributed by atoms with Gasteiger partial charge in [0.15, 0.2) is 5.78 Å². The molecule has 0 N–H and O–H groups in total. The average molecular weight is 346 g/mol. The third kappa shape index (κ3) is 3.09. The zero-order valence-corrected chi connectivity index (χ0v) is 13.1. The highest BCUT2D eigenvalue weighted by atomic mass is 79.9. The molecule has 0 bridgehead atoms. The van der Waals surface area contributed by atoms with Gasteiger partial charge in [0.05, 0.1) is 28.3 Å². The summed E-state index contributed by atoms with van der Waals surface area (Å²) in [5, 5.41) is 8.74. The van der Waals surface area contributed by atoms with Gasteiger partial charge in [-0.3, -0.25) is 9.36 Å². The van der Waals surface area contributed by atoms with Gasteiger partial charge in [0.25, 0.3) is 0 Å². The van der Waals surface area contributed by atoms with Gasteiger partial charge in [-0.2, -0.15) is 10.2 Å². The van der Waals surface area contributed by atoms with Gasteiger partial charge in [-0.15, -0.1) is 0 Å². The second kappa shape index (κ2) is 6.02. The Morgan fingerprint density at radius 2 is 1.95 bits per heavy atom. The second-order valence-electron chi connectivity index (χ2n) is 4.58. The maximum absolute atomic E-state index is 12.2. The highest BCUT2D eigenvalue weighted by molar-refractivity contribution is 9.10. The van der Waals surface area contributed by atoms with Gasteiger partial charge in [0, 0.05) is 11.3 Å². The number of benzene rings is 1. The van der Waals surface area contributed by atoms with Crippen molar-refractivity contribution in [3.63, 3.8) is 0 Å². The largest absolute Gasteiger partial charge is 0.348 e. The van der Waals surface area contributed by atoms with Gasteiger partial charge in [0.1, 0.15) is 0 Å². The van der Waals surface area contributed by atoms with Crippen LogP contribution in [0, 0.1) is 25.2 Å². The summed E-state index contributed by atoms with van der Waals surface area (Å²) in [5.41, 5.74) is 1.75. The summed E-state index contributed by atoms with van der Waals surface area (Å²) in [6, 6.07) is 8.31. The van der Waals surface area contributed by atoms with Crippen LogP contribution in [-0.4, -0.2) is 15.3 Å². The van der Waals surface area contributed by atoms with E-state index in [1.807, 2.05) is 6.07 Å². The molecule has 6 heteroatoms. The number of hydrogen-bond donors (Lipinski definition) is 0. The Balaban J connectivity index is 2.34. The van der Waals surface area contributed by atoms with Crippen LogP contribution in [0.1, 0.15) is 27.3 Å². The molecular formula is C15H12BrN3O2. The van der Waals surface area contributed by atoms with Crippen molar-refractivity contribution in [1.29, 1.82) is 5.26 Å². The minimum Gasteiger partial charge on any atom is -0.292 e. The summed E-state index contributed by atoms with van der Waals surface area (Å²) < 4.78 is 2.05. The molecule has 0 fully saturated rings. The van der Waals surface area contributed by atoms with E-state index < -0.39 is 5.69 Å². The number of hydrogen-bond acceptors (Lipinski definition) is 4. The molecule has 0 spiro atoms. The molecule has 106 valence electrons. The first-order chi connectivity index (χ1) is 9.93. The SMILES string of the molecule is Cc1nc(=O)n(CC(=O)c2ccc(C#N)cc2)c(C)c1Br. The van der Waals surface area contributed by atoms with Gasteiger partial charge in [-0.25, -0.2) is 4.79 Å². The molecule has 0 saturated carbocycles. The zero-order chi connectivity index (χ0) is 15.6. The van der Waals surface area contributed by atoms with Crippen LogP contribution >= 0.6 is 15.9 Å². The number of aryl methyl sites for hydroxylation is 1. The normalized spacial score (nSPS) is 10.2. The molecule has 0 radical (unpaired) electrons. The molecule has 0 aliphatic rings. The molecule has 1 aromatic heterocycles. The number of halogens is 1. The van der Waals surface area contributed by atoms with Crippen LogP contribution in [0.3, 0.4) is 0 Å². The first-order valence-corrected chi connectivity index (χ1v) is 7.00. The van der Waals surface area contributed by atoms with E-state index in [-0.39, 0.29) is 12.3 Å². The smallest absolute Gasteiger partial charge is 0.292 e. The third-order valence-electron chi connectivity index (χ3n) is 3.17. The van der Waals surface area contributed by atoms with Crippen LogP contribution in [0.15, 0.2) is 33.5 Å². The molecule has 1 aromatic carbocycles. The molecule has 5 nitrogen and oxygen atoms in total. The fourth-order valence-electron chi connectivity index (χ4n) is 1.93. The summed E-state index contributed by atoms with van der Waals surface area (Å²) in [7, 11) is 0. The highest BCUT2D eigenvalue weighted by Crippen LogP contribution is 2.17. The summed E-state index contributed by atoms with van der Waals surface area (Å²) >= 11 is 3.36. The highest BCUT2D eigenvalue weighted by Gasteiger charge is 2.13. The van der Waals surface area contributed by atoms with E-state index >= 15 is 0 Å². The monoisotopic (exact) mass is 345 g/mol. The van der Waals surface area contributed by atoms with Crippen LogP contribution in [0.2, 0.25) is 0 Å². The number of nitrogens with zero attached hydrogens (tertiary/aromatic N) is 3. The molecule has 2 rings (SSSR count). The molecule has 0 unspecified atom stereocenters. The standard InChI is InChI=1S/C15H12BrN3O2/c1-9-14(16)10(2)19(15(21)18-9)8-13(20)12-5-3-11(7-17)4-6-12/h3-6H,8H2,1-2H3. The van der Waals surface area contributed by atoms with E-state index in [9.17, 15) is 9.59 Å². The van der Waals surface area contributed by atoms with Gasteiger partial charge in [0.2, 0.25) is 0 Å². The lowest BCUT2D eigenvalue weighted by Gasteiger charge is -2.11. The van der Waals surface area contributed by atoms with Crippen LogP contribution in [-0.2, 0) is 6.54 Å². The van der Waals surface area contributed by atoms with Crippen molar-refractivity contribution in [3.05, 3.63) is 61.7 Å². The molecule has 0 saturated heterocycles. The summed E-state index contributed by atoms with van der Waals surface area (Å²) in [6.45, 7) is 3.40. The van der Waals surface area contributed by atoms with E-state index in [1.54, 1.807) is 38.1 Å². The van der Waals surface area contributed by atoms with E-state index in [0.29, 0.717) is 22.5 Å². The Morgan fingerprint density at radius 3 is 2.52 bits per heavy atom. The maximum atomic E-state index is 12.2. The van der Waals surface area contributed by atoms with Crippen molar-refractivity contribution in [1.82, 2.24) is 9.55 Å². The molecule has 21 heavy (non-hydrogen) atoms. The van der Waals surface area contributed by atoms with Crippen molar-refractivity contribution in [3.8, 4) is 6.07 Å². The fraction of sp³-hybridized carbons (Fsp3) is 0.200. The molecule has 1 heterocycles. The predicted molar refractivity (Wildman–Crippen MR) is 81.2 cm³/mol. The van der Waals surface area contributed by atoms with Gasteiger partial charge in [-0.05, 0) is 41.9 Å². The zero-order valence-electron chi connectivity index (χ0n) is 11.6. The molecule has 0 amide bonds. The molecule has 0 atom stereocenters. The van der Waals surface area contributed by atoms with E-state index in [1.165, 1.54) is 4.57 Å². The van der Waals surface area contributed by atoms with Crippen LogP contribution in [0.4, 0.5) is 0 Å². The first kappa shape index (κ1) is 15.1. The van der Waals surface area contributed by atoms with Crippen LogP contribution < -0.4 is 5.69 Å². The maximum Gasteiger partial charge on any atom is 0.348 e. The molecule has 2 aromatic rings. The van der Waals surface area contributed by atoms with Crippen molar-refractivity contribution < 1.29 is 4.79 Å². The Hall–Kier alpha value is -2.26. The number of aromatic nitrogens is 2. The average Bonchev–Trinajstić information content (AvgIpc) is 2.49. The Bertz CT molecular complexity index is 801. The lowest BCUT2D eigenvalue weighted by Crippen LogP contribution is -2.29. The van der Waals surface area contributed by atoms with Crippen molar-refractivity contribution >= 4 is 21.7 Å². The Kier molecular flexibility index (Phi) is 4.34. The molecule has 0 aliphatic heterocycles. The van der Waals surface area contributed by atoms with Crippen LogP contribution in [0.25, 0.3) is 0 Å². The number of Topliss-reactive ketones (excluding diaryl/α,β-unsaturated/α-hetero) is 1. The summed E-state index contributed by atoms with van der Waals surface area (Å²) in [4.78, 5) is 28.0. The van der Waals surface area contributed by atoms with Crippen LogP contribution in [0.5, 0.6) is 0 Å². The quantitative estimate of drug-likeness (QED) is 0.800. The lowest BCUT2D eigenvalue weighted by atomic mass is 10.1. The topological polar surface area (TPSA) is 75.8 Å². The number of rotatable bonds is 3. The van der Waals surface area contributed by atoms with Crippen molar-refractivity contribution in [2.24, 2.45) is 0 Å². The lowest BCUT2D eigenvalue weighted by molar-refractivity contribution is 0.0969. The molecule has 0 aliphatic carbocycles. The van der Waals surface area contributed by atoms with E-state index in [2.05, 4.69) is 20.9 Å². The second-order valence-corrected chi connectivity index (χ2v) is 5.37. The van der Waals surface area contributed by atoms with Crippen molar-refractivity contribution in [2.45, 2.75) is 20.4 Å². The number of nitriles is 1. The summed E-state index contributed by atoms with van der Waals surface area (Å²) in [5.74, 6) is -0.206. The predicted octanol–water partition coefficient (Wildman–Crippen LogP) is 2.38. The summed E-state index contributed by atoms with van der Waals surface area (Å²) in [6.07, 6.45) is 0. The number of carbonyl (C=O) groups is 1. The Labute approximate surface area is 130 Å². The minimum absolute atomic E-state index is 0.0809. The Morgan fingerprint density at radius 1 is 1.33 bits per heavy atom. The van der Waals surface area contributed by atoms with E-state index in [0.717, 1.165) is 4.47 Å². The van der Waals surface area contributed by atoms with Gasteiger partial charge >= 0.3 is 5.69 Å². The fourth-order valence-corrected chi connectivity index (χ4v) is 2.23. The number of carbonyl (C=O) groups excluding carboxylic acids is 1. The van der Waals surface area contributed by atoms with Crippen molar-refractivity contribution in [2.75, 3.05) is 0 Å². The van der Waals surface area contributed by atoms with Gasteiger partial charge < -0.3 is 0 Å². The molecular weight excluding hydrogens is 334 g/mol.